The summed E-state index contributed by atoms with van der Waals surface area (Å²) in [4.78, 5) is 8.88. The van der Waals surface area contributed by atoms with E-state index in [1.54, 1.807) is 23.8 Å². The van der Waals surface area contributed by atoms with Crippen LogP contribution in [0, 0.1) is 35.5 Å². The quantitative estimate of drug-likeness (QED) is 0.177. The van der Waals surface area contributed by atoms with Crippen LogP contribution in [-0.4, -0.2) is 39.2 Å². The zero-order valence-corrected chi connectivity index (χ0v) is 66.4. The van der Waals surface area contributed by atoms with Crippen molar-refractivity contribution in [3.63, 3.8) is 0 Å². The summed E-state index contributed by atoms with van der Waals surface area (Å²) in [7, 11) is 0. The minimum absolute atomic E-state index is 0.359. The van der Waals surface area contributed by atoms with Gasteiger partial charge in [0.25, 0.3) is 0 Å². The molecule has 0 unspecified atom stereocenters. The van der Waals surface area contributed by atoms with Gasteiger partial charge in [-0.05, 0) is 125 Å². The molecule has 7 aromatic carbocycles. The lowest BCUT2D eigenvalue weighted by Gasteiger charge is -2.05. The van der Waals surface area contributed by atoms with Crippen molar-refractivity contribution in [2.24, 2.45) is 35.5 Å². The van der Waals surface area contributed by atoms with Gasteiger partial charge in [-0.3, -0.25) is 5.10 Å². The number of fused-ring (bicyclic) bond motifs is 7. The van der Waals surface area contributed by atoms with Crippen LogP contribution >= 0.6 is 34.4 Å². The second kappa shape index (κ2) is 52.2. The van der Waals surface area contributed by atoms with Crippen LogP contribution in [0.2, 0.25) is 0 Å². The van der Waals surface area contributed by atoms with E-state index in [1.165, 1.54) is 86.8 Å². The molecule has 7 heterocycles. The lowest BCUT2D eigenvalue weighted by atomic mass is 10.0. The summed E-state index contributed by atoms with van der Waals surface area (Å²) in [6.45, 7) is 47.5. The highest BCUT2D eigenvalue weighted by molar-refractivity contribution is 7.18. The van der Waals surface area contributed by atoms with E-state index in [9.17, 15) is 0 Å². The lowest BCUT2D eigenvalue weighted by molar-refractivity contribution is 0.428. The van der Waals surface area contributed by atoms with Crippen molar-refractivity contribution in [1.29, 1.82) is 0 Å². The maximum absolute atomic E-state index is 5.52. The number of thiazole rings is 1. The van der Waals surface area contributed by atoms with E-state index in [0.717, 1.165) is 96.3 Å². The van der Waals surface area contributed by atoms with Crippen molar-refractivity contribution < 1.29 is 13.5 Å². The fraction of sp³-hybridized carbons (Fsp3) is 0.424. The molecule has 1 aliphatic carbocycles. The van der Waals surface area contributed by atoms with E-state index < -0.39 is 0 Å². The molecule has 1 aliphatic rings. The van der Waals surface area contributed by atoms with Crippen molar-refractivity contribution in [2.75, 3.05) is 0 Å². The summed E-state index contributed by atoms with van der Waals surface area (Å²) < 4.78 is 25.9. The van der Waals surface area contributed by atoms with Crippen molar-refractivity contribution in [2.45, 2.75) is 203 Å². The molecule has 0 atom stereocenters. The molecule has 1 saturated carbocycles. The number of hydrogen-bond donors (Lipinski definition) is 1. The normalized spacial score (nSPS) is 11.0. The number of benzene rings is 7. The van der Waals surface area contributed by atoms with Gasteiger partial charge < -0.3 is 13.5 Å². The molecule has 1 N–H and O–H groups in total. The molecule has 14 heteroatoms. The van der Waals surface area contributed by atoms with E-state index in [-0.39, 0.29) is 0 Å². The van der Waals surface area contributed by atoms with E-state index in [4.69, 9.17) is 13.5 Å². The Morgan fingerprint density at radius 2 is 0.828 bits per heavy atom. The molecule has 99 heavy (non-hydrogen) atoms. The summed E-state index contributed by atoms with van der Waals surface area (Å²) >= 11 is 4.83. The molecule has 0 saturated heterocycles. The first kappa shape index (κ1) is 87.2. The third-order valence-corrected chi connectivity index (χ3v) is 14.3. The van der Waals surface area contributed by atoms with E-state index in [0.29, 0.717) is 11.8 Å². The minimum atomic E-state index is 0.359. The molecule has 7 aromatic heterocycles. The highest BCUT2D eigenvalue weighted by atomic mass is 32.1. The first-order valence-corrected chi connectivity index (χ1v) is 38.0. The van der Waals surface area contributed by atoms with Crippen LogP contribution in [0.25, 0.3) is 75.1 Å². The van der Waals surface area contributed by atoms with Crippen LogP contribution in [0.5, 0.6) is 0 Å². The number of rotatable bonds is 2. The average Bonchev–Trinajstić information content (AvgIpc) is 1.77. The highest BCUT2D eigenvalue weighted by Gasteiger charge is 2.08. The maximum atomic E-state index is 5.52. The Morgan fingerprint density at radius 1 is 0.384 bits per heavy atom. The van der Waals surface area contributed by atoms with Crippen LogP contribution in [-0.2, 0) is 0 Å². The molecule has 0 aliphatic heterocycles. The molecule has 0 spiro atoms. The van der Waals surface area contributed by atoms with Crippen molar-refractivity contribution in [3.05, 3.63) is 211 Å². The molecule has 15 rings (SSSR count). The van der Waals surface area contributed by atoms with Gasteiger partial charge in [0.2, 0.25) is 0 Å². The number of aromatic amines is 1. The second-order valence-electron chi connectivity index (χ2n) is 28.3. The Kier molecular flexibility index (Phi) is 45.9. The number of oxazole rings is 1. The average molecular weight is 1400 g/mol. The predicted octanol–water partition coefficient (Wildman–Crippen LogP) is 28.5. The molecular weight excluding hydrogens is 1280 g/mol. The number of nitrogens with one attached hydrogen (secondary N) is 1. The first-order valence-electron chi connectivity index (χ1n) is 35.5. The third-order valence-electron chi connectivity index (χ3n) is 11.5. The third kappa shape index (κ3) is 42.0. The standard InChI is InChI=1S/C10H11NO.C10H11NS.C7H6N2.2C7H5NO.2C7H5NS.C6H12.6C4H10/c2*1-7(2)10-11-8-5-3-4-6-9(8)12-10;1-2-4-7-6(3-1)5-8-9-7;1-2-4-7-6(3-1)5-9-8-7;1-2-4-7-6(3-1)5-8-9-7;1-2-4-7-6(3-1)5-9-8-7;1-2-4-7-6(3-1)5-8-9-7;1-2-4-6-5-3-1;6*1-4(2)3/h2*3-7H,1-2H3;1-5H,(H,8,9);4*1-5H;1-6H2;6*4H,1-3H3. The monoisotopic (exact) mass is 1400 g/mol. The Labute approximate surface area is 607 Å². The van der Waals surface area contributed by atoms with E-state index in [1.807, 2.05) is 146 Å². The maximum Gasteiger partial charge on any atom is 0.198 e. The fourth-order valence-corrected chi connectivity index (χ4v) is 9.72. The number of nitrogens with zero attached hydrogens (tertiary/aromatic N) is 7. The van der Waals surface area contributed by atoms with Gasteiger partial charge in [0.05, 0.1) is 43.4 Å². The smallest absolute Gasteiger partial charge is 0.198 e. The van der Waals surface area contributed by atoms with Gasteiger partial charge in [0.15, 0.2) is 17.1 Å². The topological polar surface area (TPSA) is 145 Å². The molecular formula is C85H120N8O3S3. The summed E-state index contributed by atoms with van der Waals surface area (Å²) in [5, 5.41) is 23.1. The molecule has 1 fully saturated rings. The summed E-state index contributed by atoms with van der Waals surface area (Å²) in [5.41, 5.74) is 6.91. The number of hydrogen-bond acceptors (Lipinski definition) is 13. The van der Waals surface area contributed by atoms with E-state index >= 15 is 0 Å². The van der Waals surface area contributed by atoms with Crippen LogP contribution in [0.4, 0.5) is 0 Å². The van der Waals surface area contributed by atoms with Crippen LogP contribution in [0.15, 0.2) is 214 Å². The lowest BCUT2D eigenvalue weighted by Crippen LogP contribution is -1.85. The van der Waals surface area contributed by atoms with Crippen LogP contribution in [0.1, 0.15) is 214 Å². The molecule has 14 aromatic rings. The summed E-state index contributed by atoms with van der Waals surface area (Å²) in [6.07, 6.45) is 16.0. The van der Waals surface area contributed by atoms with Gasteiger partial charge in [0.1, 0.15) is 17.3 Å². The highest BCUT2D eigenvalue weighted by Crippen LogP contribution is 2.27. The first-order chi connectivity index (χ1) is 47.3. The van der Waals surface area contributed by atoms with E-state index in [2.05, 4.69) is 233 Å². The number of para-hydroxylation sites is 5. The largest absolute Gasteiger partial charge is 0.440 e. The summed E-state index contributed by atoms with van der Waals surface area (Å²) in [5.74, 6) is 6.72. The number of aromatic nitrogens is 8. The van der Waals surface area contributed by atoms with Gasteiger partial charge in [0, 0.05) is 50.3 Å². The van der Waals surface area contributed by atoms with Gasteiger partial charge >= 0.3 is 0 Å². The molecule has 0 bridgehead atoms. The summed E-state index contributed by atoms with van der Waals surface area (Å²) in [6, 6.07) is 55.9. The fourth-order valence-electron chi connectivity index (χ4n) is 7.46. The van der Waals surface area contributed by atoms with Crippen LogP contribution in [0.3, 0.4) is 0 Å². The zero-order chi connectivity index (χ0) is 73.3. The predicted molar refractivity (Wildman–Crippen MR) is 436 cm³/mol. The number of H-pyrrole nitrogens is 1. The van der Waals surface area contributed by atoms with Gasteiger partial charge in [-0.25, -0.2) is 9.97 Å². The Bertz CT molecular complexity index is 3400. The second-order valence-corrected chi connectivity index (χ2v) is 30.8. The minimum Gasteiger partial charge on any atom is -0.440 e. The van der Waals surface area contributed by atoms with Crippen LogP contribution < -0.4 is 0 Å². The Morgan fingerprint density at radius 3 is 1.31 bits per heavy atom. The van der Waals surface area contributed by atoms with Gasteiger partial charge in [-0.1, -0.05) is 304 Å². The molecule has 11 nitrogen and oxygen atoms in total. The van der Waals surface area contributed by atoms with Crippen molar-refractivity contribution >= 4 is 109 Å². The molecule has 0 radical (unpaired) electrons. The Hall–Kier alpha value is -7.91. The molecule has 0 amide bonds. The SMILES string of the molecule is C1CCCCC1.CC(C)C.CC(C)C.CC(C)C.CC(C)C.CC(C)C.CC(C)C.CC(C)c1nc2ccccc2o1.CC(C)c1nc2ccccc2s1.c1ccc2[nH]ncc2c1.c1ccc2nocc2c1.c1ccc2nscc2c1.c1ccc2oncc2c1.c1ccc2sncc2c1. The van der Waals surface area contributed by atoms with Gasteiger partial charge in [-0.15, -0.1) is 11.3 Å². The van der Waals surface area contributed by atoms with Crippen molar-refractivity contribution in [1.82, 2.24) is 39.2 Å². The zero-order valence-electron chi connectivity index (χ0n) is 64.0. The molecule has 536 valence electrons. The van der Waals surface area contributed by atoms with Crippen molar-refractivity contribution in [3.8, 4) is 0 Å². The Balaban J connectivity index is 0.000000369. The van der Waals surface area contributed by atoms with Gasteiger partial charge in [-0.2, -0.15) is 13.8 Å².